The topological polar surface area (TPSA) is 127 Å². The first-order valence-corrected chi connectivity index (χ1v) is 10.4. The van der Waals surface area contributed by atoms with E-state index in [9.17, 15) is 19.1 Å². The molecule has 8 nitrogen and oxygen atoms in total. The van der Waals surface area contributed by atoms with E-state index in [1.165, 1.54) is 12.1 Å². The van der Waals surface area contributed by atoms with Crippen LogP contribution in [0.15, 0.2) is 24.3 Å². The molecule has 1 fully saturated rings. The van der Waals surface area contributed by atoms with Gasteiger partial charge in [0.15, 0.2) is 0 Å². The molecule has 1 aliphatic rings. The molecule has 0 aromatic heterocycles. The molecule has 0 spiro atoms. The first-order chi connectivity index (χ1) is 14.2. The summed E-state index contributed by atoms with van der Waals surface area (Å²) in [6.07, 6.45) is 2.41. The highest BCUT2D eigenvalue weighted by Crippen LogP contribution is 2.20. The summed E-state index contributed by atoms with van der Waals surface area (Å²) in [5, 5.41) is 27.2. The van der Waals surface area contributed by atoms with E-state index in [0.29, 0.717) is 58.4 Å². The van der Waals surface area contributed by atoms with Crippen molar-refractivity contribution in [3.8, 4) is 0 Å². The molecule has 1 heterocycles. The van der Waals surface area contributed by atoms with Crippen molar-refractivity contribution in [1.29, 1.82) is 0 Å². The Balaban J connectivity index is 1.74. The van der Waals surface area contributed by atoms with Crippen LogP contribution >= 0.6 is 0 Å². The summed E-state index contributed by atoms with van der Waals surface area (Å²) < 4.78 is 13.8. The van der Waals surface area contributed by atoms with Gasteiger partial charge in [-0.2, -0.15) is 0 Å². The number of hydrogen-bond donors (Lipinski definition) is 4. The normalized spacial score (nSPS) is 16.9. The van der Waals surface area contributed by atoms with E-state index in [1.807, 2.05) is 0 Å². The van der Waals surface area contributed by atoms with Crippen LogP contribution in [0.2, 0.25) is 6.32 Å². The summed E-state index contributed by atoms with van der Waals surface area (Å²) in [5.74, 6) is -1.88. The van der Waals surface area contributed by atoms with Gasteiger partial charge in [-0.05, 0) is 44.3 Å². The third kappa shape index (κ3) is 7.05. The Labute approximate surface area is 176 Å². The van der Waals surface area contributed by atoms with Crippen LogP contribution in [-0.4, -0.2) is 82.2 Å². The first-order valence-electron chi connectivity index (χ1n) is 10.4. The standard InChI is InChI=1S/C20H31BFN3O5/c22-17-7-2-1-6-16(17)18(26)25-14-12-24(13-15-25)11-5-9-20(23,19(27)28)8-3-4-10-21(29)30/h1-2,6-7,29-30H,3-5,8-15,23H2,(H,27,28). The van der Waals surface area contributed by atoms with Gasteiger partial charge in [-0.1, -0.05) is 25.0 Å². The number of benzene rings is 1. The summed E-state index contributed by atoms with van der Waals surface area (Å²) in [6.45, 7) is 2.93. The van der Waals surface area contributed by atoms with Gasteiger partial charge in [0.05, 0.1) is 5.56 Å². The lowest BCUT2D eigenvalue weighted by Gasteiger charge is -2.35. The Bertz CT molecular complexity index is 715. The van der Waals surface area contributed by atoms with Gasteiger partial charge in [0.25, 0.3) is 5.91 Å². The minimum Gasteiger partial charge on any atom is -0.480 e. The molecule has 10 heteroatoms. The lowest BCUT2D eigenvalue weighted by Crippen LogP contribution is -2.50. The molecule has 1 aliphatic heterocycles. The molecule has 1 unspecified atom stereocenters. The van der Waals surface area contributed by atoms with E-state index in [-0.39, 0.29) is 24.2 Å². The zero-order chi connectivity index (χ0) is 22.1. The van der Waals surface area contributed by atoms with Crippen LogP contribution in [-0.2, 0) is 4.79 Å². The number of rotatable bonds is 11. The van der Waals surface area contributed by atoms with Crippen molar-refractivity contribution in [2.75, 3.05) is 32.7 Å². The molecule has 0 aliphatic carbocycles. The zero-order valence-corrected chi connectivity index (χ0v) is 17.2. The van der Waals surface area contributed by atoms with Gasteiger partial charge in [0.2, 0.25) is 0 Å². The minimum absolute atomic E-state index is 0.0778. The van der Waals surface area contributed by atoms with Crippen LogP contribution in [0.1, 0.15) is 42.5 Å². The van der Waals surface area contributed by atoms with Crippen molar-refractivity contribution in [3.05, 3.63) is 35.6 Å². The van der Waals surface area contributed by atoms with Crippen molar-refractivity contribution in [3.63, 3.8) is 0 Å². The summed E-state index contributed by atoms with van der Waals surface area (Å²) in [5.41, 5.74) is 4.83. The number of unbranched alkanes of at least 4 members (excludes halogenated alkanes) is 1. The number of carboxylic acid groups (broad SMARTS) is 1. The molecule has 1 aromatic carbocycles. The Morgan fingerprint density at radius 3 is 2.30 bits per heavy atom. The van der Waals surface area contributed by atoms with E-state index in [0.717, 1.165) is 0 Å². The molecule has 1 atom stereocenters. The van der Waals surface area contributed by atoms with Crippen LogP contribution in [0.5, 0.6) is 0 Å². The van der Waals surface area contributed by atoms with Crippen molar-refractivity contribution in [2.45, 2.75) is 44.0 Å². The van der Waals surface area contributed by atoms with E-state index < -0.39 is 24.4 Å². The monoisotopic (exact) mass is 423 g/mol. The quantitative estimate of drug-likeness (QED) is 0.306. The van der Waals surface area contributed by atoms with E-state index in [1.54, 1.807) is 17.0 Å². The molecule has 1 amide bonds. The van der Waals surface area contributed by atoms with Gasteiger partial charge in [-0.25, -0.2) is 4.39 Å². The molecule has 5 N–H and O–H groups in total. The van der Waals surface area contributed by atoms with Crippen molar-refractivity contribution < 1.29 is 29.1 Å². The van der Waals surface area contributed by atoms with Crippen molar-refractivity contribution >= 4 is 19.0 Å². The van der Waals surface area contributed by atoms with Crippen molar-refractivity contribution in [2.24, 2.45) is 5.73 Å². The largest absolute Gasteiger partial charge is 0.480 e. The number of aliphatic carboxylic acids is 1. The predicted octanol–water partition coefficient (Wildman–Crippen LogP) is 0.789. The lowest BCUT2D eigenvalue weighted by molar-refractivity contribution is -0.144. The van der Waals surface area contributed by atoms with Crippen LogP contribution in [0.25, 0.3) is 0 Å². The van der Waals surface area contributed by atoms with Crippen LogP contribution in [0.4, 0.5) is 4.39 Å². The third-order valence-corrected chi connectivity index (χ3v) is 5.62. The smallest absolute Gasteiger partial charge is 0.451 e. The zero-order valence-electron chi connectivity index (χ0n) is 17.2. The summed E-state index contributed by atoms with van der Waals surface area (Å²) in [6, 6.07) is 5.95. The molecular formula is C20H31BFN3O5. The highest BCUT2D eigenvalue weighted by molar-refractivity contribution is 6.40. The van der Waals surface area contributed by atoms with Gasteiger partial charge >= 0.3 is 13.1 Å². The molecule has 0 bridgehead atoms. The fourth-order valence-electron chi connectivity index (χ4n) is 3.70. The van der Waals surface area contributed by atoms with Gasteiger partial charge in [0.1, 0.15) is 11.4 Å². The predicted molar refractivity (Wildman–Crippen MR) is 111 cm³/mol. The number of carbonyl (C=O) groups excluding carboxylic acids is 1. The second-order valence-corrected chi connectivity index (χ2v) is 7.90. The SMILES string of the molecule is NC(CCCCB(O)O)(CCCN1CCN(C(=O)c2ccccc2F)CC1)C(=O)O. The second kappa shape index (κ2) is 11.4. The molecule has 0 saturated carbocycles. The summed E-state index contributed by atoms with van der Waals surface area (Å²) in [7, 11) is -1.38. The van der Waals surface area contributed by atoms with Gasteiger partial charge in [-0.3, -0.25) is 14.5 Å². The van der Waals surface area contributed by atoms with Crippen molar-refractivity contribution in [1.82, 2.24) is 9.80 Å². The highest BCUT2D eigenvalue weighted by atomic mass is 19.1. The fraction of sp³-hybridized carbons (Fsp3) is 0.600. The Morgan fingerprint density at radius 1 is 1.07 bits per heavy atom. The average molecular weight is 423 g/mol. The summed E-state index contributed by atoms with van der Waals surface area (Å²) in [4.78, 5) is 27.9. The maximum atomic E-state index is 13.8. The molecule has 30 heavy (non-hydrogen) atoms. The number of carboxylic acids is 1. The molecule has 1 saturated heterocycles. The first kappa shape index (κ1) is 24.3. The lowest BCUT2D eigenvalue weighted by atomic mass is 9.81. The second-order valence-electron chi connectivity index (χ2n) is 7.90. The van der Waals surface area contributed by atoms with E-state index in [4.69, 9.17) is 15.8 Å². The minimum atomic E-state index is -1.38. The molecule has 1 aromatic rings. The number of piperazine rings is 1. The third-order valence-electron chi connectivity index (χ3n) is 5.62. The number of carbonyl (C=O) groups is 2. The Hall–Kier alpha value is -2.01. The van der Waals surface area contributed by atoms with E-state index >= 15 is 0 Å². The highest BCUT2D eigenvalue weighted by Gasteiger charge is 2.33. The number of hydrogen-bond acceptors (Lipinski definition) is 6. The van der Waals surface area contributed by atoms with Crippen LogP contribution < -0.4 is 5.73 Å². The maximum Gasteiger partial charge on any atom is 0.451 e. The Kier molecular flexibility index (Phi) is 9.22. The number of nitrogens with zero attached hydrogens (tertiary/aromatic N) is 2. The number of nitrogens with two attached hydrogens (primary N) is 1. The maximum absolute atomic E-state index is 13.8. The van der Waals surface area contributed by atoms with Gasteiger partial charge in [0, 0.05) is 26.2 Å². The van der Waals surface area contributed by atoms with Gasteiger partial charge in [-0.15, -0.1) is 0 Å². The average Bonchev–Trinajstić information content (AvgIpc) is 2.71. The number of halogens is 1. The fourth-order valence-corrected chi connectivity index (χ4v) is 3.70. The van der Waals surface area contributed by atoms with Crippen LogP contribution in [0, 0.1) is 5.82 Å². The Morgan fingerprint density at radius 2 is 1.70 bits per heavy atom. The molecule has 2 rings (SSSR count). The summed E-state index contributed by atoms with van der Waals surface area (Å²) >= 11 is 0. The molecule has 0 radical (unpaired) electrons. The van der Waals surface area contributed by atoms with Gasteiger partial charge < -0.3 is 25.8 Å². The molecule has 166 valence electrons. The molecular weight excluding hydrogens is 392 g/mol. The van der Waals surface area contributed by atoms with E-state index in [2.05, 4.69) is 4.90 Å². The van der Waals surface area contributed by atoms with Crippen LogP contribution in [0.3, 0.4) is 0 Å². The number of amides is 1.